The van der Waals surface area contributed by atoms with Gasteiger partial charge in [0.25, 0.3) is 0 Å². The summed E-state index contributed by atoms with van der Waals surface area (Å²) in [6, 6.07) is 13.8. The molecule has 128 valence electrons. The van der Waals surface area contributed by atoms with Gasteiger partial charge in [-0.05, 0) is 48.5 Å². The Bertz CT molecular complexity index is 899. The summed E-state index contributed by atoms with van der Waals surface area (Å²) >= 11 is 5.25. The number of methoxy groups -OCH3 is 1. The standard InChI is InChI=1S/C19H20N4OS/c1-3-13-5-4-6-17-14(11-20-18(13)17)12-21-23-19(25)22-15-7-9-16(24-2)10-8-15/h4-12,20H,3H2,1-2H3,(H2,22,23,25)/b21-12+. The molecule has 0 saturated heterocycles. The van der Waals surface area contributed by atoms with Crippen LogP contribution < -0.4 is 15.5 Å². The molecule has 2 aromatic carbocycles. The number of thiocarbonyl (C=S) groups is 1. The van der Waals surface area contributed by atoms with E-state index in [0.717, 1.165) is 34.3 Å². The van der Waals surface area contributed by atoms with E-state index in [1.54, 1.807) is 13.3 Å². The van der Waals surface area contributed by atoms with E-state index in [-0.39, 0.29) is 0 Å². The third kappa shape index (κ3) is 3.97. The number of hydrogen-bond donors (Lipinski definition) is 3. The van der Waals surface area contributed by atoms with Crippen molar-refractivity contribution in [3.05, 3.63) is 59.8 Å². The summed E-state index contributed by atoms with van der Waals surface area (Å²) in [5, 5.41) is 8.88. The molecule has 6 heteroatoms. The Labute approximate surface area is 152 Å². The number of aromatic nitrogens is 1. The number of hydrazone groups is 1. The lowest BCUT2D eigenvalue weighted by atomic mass is 10.1. The summed E-state index contributed by atoms with van der Waals surface area (Å²) in [7, 11) is 1.64. The Morgan fingerprint density at radius 1 is 1.24 bits per heavy atom. The van der Waals surface area contributed by atoms with Crippen LogP contribution in [0, 0.1) is 0 Å². The monoisotopic (exact) mass is 352 g/mol. The molecular formula is C19H20N4OS. The van der Waals surface area contributed by atoms with E-state index in [9.17, 15) is 0 Å². The maximum Gasteiger partial charge on any atom is 0.191 e. The molecule has 0 bridgehead atoms. The van der Waals surface area contributed by atoms with Crippen LogP contribution in [0.3, 0.4) is 0 Å². The minimum Gasteiger partial charge on any atom is -0.497 e. The Hall–Kier alpha value is -2.86. The maximum atomic E-state index is 5.25. The van der Waals surface area contributed by atoms with Crippen molar-refractivity contribution in [3.8, 4) is 5.75 Å². The van der Waals surface area contributed by atoms with Crippen LogP contribution in [-0.2, 0) is 6.42 Å². The van der Waals surface area contributed by atoms with E-state index in [1.165, 1.54) is 5.56 Å². The van der Waals surface area contributed by atoms with Crippen LogP contribution in [0.2, 0.25) is 0 Å². The van der Waals surface area contributed by atoms with E-state index in [4.69, 9.17) is 17.0 Å². The minimum atomic E-state index is 0.426. The molecule has 0 amide bonds. The van der Waals surface area contributed by atoms with Gasteiger partial charge in [0, 0.05) is 28.4 Å². The van der Waals surface area contributed by atoms with Crippen molar-refractivity contribution >= 4 is 40.1 Å². The summed E-state index contributed by atoms with van der Waals surface area (Å²) in [4.78, 5) is 3.32. The first-order valence-corrected chi connectivity index (χ1v) is 8.45. The molecule has 0 atom stereocenters. The topological polar surface area (TPSA) is 61.4 Å². The molecule has 0 radical (unpaired) electrons. The zero-order chi connectivity index (χ0) is 17.6. The lowest BCUT2D eigenvalue weighted by Gasteiger charge is -2.07. The van der Waals surface area contributed by atoms with Crippen LogP contribution >= 0.6 is 12.2 Å². The summed E-state index contributed by atoms with van der Waals surface area (Å²) in [5.41, 5.74) is 7.17. The molecular weight excluding hydrogens is 332 g/mol. The number of nitrogens with zero attached hydrogens (tertiary/aromatic N) is 1. The Morgan fingerprint density at radius 2 is 2.04 bits per heavy atom. The fourth-order valence-corrected chi connectivity index (χ4v) is 2.80. The first-order chi connectivity index (χ1) is 12.2. The molecule has 0 spiro atoms. The highest BCUT2D eigenvalue weighted by Crippen LogP contribution is 2.21. The number of aryl methyl sites for hydroxylation is 1. The SMILES string of the molecule is CCc1cccc2c(/C=N/NC(=S)Nc3ccc(OC)cc3)c[nH]c12. The van der Waals surface area contributed by atoms with Gasteiger partial charge in [-0.1, -0.05) is 25.1 Å². The molecule has 0 aliphatic rings. The van der Waals surface area contributed by atoms with Gasteiger partial charge in [-0.15, -0.1) is 0 Å². The average molecular weight is 352 g/mol. The molecule has 3 aromatic rings. The van der Waals surface area contributed by atoms with Gasteiger partial charge in [0.1, 0.15) is 5.75 Å². The molecule has 0 saturated carbocycles. The fraction of sp³-hybridized carbons (Fsp3) is 0.158. The second kappa shape index (κ2) is 7.81. The zero-order valence-electron chi connectivity index (χ0n) is 14.2. The normalized spacial score (nSPS) is 11.0. The van der Waals surface area contributed by atoms with E-state index in [1.807, 2.05) is 30.5 Å². The molecule has 0 unspecified atom stereocenters. The number of rotatable bonds is 5. The molecule has 0 aliphatic carbocycles. The predicted molar refractivity (Wildman–Crippen MR) is 108 cm³/mol. The van der Waals surface area contributed by atoms with Gasteiger partial charge in [-0.25, -0.2) is 0 Å². The lowest BCUT2D eigenvalue weighted by molar-refractivity contribution is 0.415. The molecule has 25 heavy (non-hydrogen) atoms. The Kier molecular flexibility index (Phi) is 5.30. The first kappa shape index (κ1) is 17.0. The Balaban J connectivity index is 1.63. The van der Waals surface area contributed by atoms with Crippen molar-refractivity contribution in [2.45, 2.75) is 13.3 Å². The molecule has 1 aromatic heterocycles. The fourth-order valence-electron chi connectivity index (χ4n) is 2.63. The quantitative estimate of drug-likeness (QED) is 0.368. The second-order valence-electron chi connectivity index (χ2n) is 5.49. The van der Waals surface area contributed by atoms with Crippen LogP contribution in [0.5, 0.6) is 5.75 Å². The third-order valence-corrected chi connectivity index (χ3v) is 4.13. The summed E-state index contributed by atoms with van der Waals surface area (Å²) in [6.45, 7) is 2.15. The largest absolute Gasteiger partial charge is 0.497 e. The molecule has 0 aliphatic heterocycles. The smallest absolute Gasteiger partial charge is 0.191 e. The van der Waals surface area contributed by atoms with Gasteiger partial charge in [0.2, 0.25) is 0 Å². The number of fused-ring (bicyclic) bond motifs is 1. The van der Waals surface area contributed by atoms with Crippen LogP contribution in [0.15, 0.2) is 53.8 Å². The van der Waals surface area contributed by atoms with Crippen LogP contribution in [-0.4, -0.2) is 23.4 Å². The molecule has 5 nitrogen and oxygen atoms in total. The van der Waals surface area contributed by atoms with Gasteiger partial charge in [0.05, 0.1) is 13.3 Å². The Morgan fingerprint density at radius 3 is 2.76 bits per heavy atom. The average Bonchev–Trinajstić information content (AvgIpc) is 3.05. The zero-order valence-corrected chi connectivity index (χ0v) is 15.0. The minimum absolute atomic E-state index is 0.426. The van der Waals surface area contributed by atoms with Gasteiger partial charge in [-0.3, -0.25) is 5.43 Å². The predicted octanol–water partition coefficient (Wildman–Crippen LogP) is 4.06. The van der Waals surface area contributed by atoms with Crippen molar-refractivity contribution in [2.75, 3.05) is 12.4 Å². The lowest BCUT2D eigenvalue weighted by Crippen LogP contribution is -2.23. The third-order valence-electron chi connectivity index (χ3n) is 3.93. The summed E-state index contributed by atoms with van der Waals surface area (Å²) in [6.07, 6.45) is 4.71. The number of ether oxygens (including phenoxy) is 1. The number of H-pyrrole nitrogens is 1. The second-order valence-corrected chi connectivity index (χ2v) is 5.90. The van der Waals surface area contributed by atoms with Gasteiger partial charge in [-0.2, -0.15) is 5.10 Å². The van der Waals surface area contributed by atoms with Gasteiger partial charge in [0.15, 0.2) is 5.11 Å². The number of aromatic amines is 1. The molecule has 3 N–H and O–H groups in total. The van der Waals surface area contributed by atoms with Crippen molar-refractivity contribution in [1.29, 1.82) is 0 Å². The number of para-hydroxylation sites is 1. The van der Waals surface area contributed by atoms with Gasteiger partial charge >= 0.3 is 0 Å². The summed E-state index contributed by atoms with van der Waals surface area (Å²) < 4.78 is 5.13. The van der Waals surface area contributed by atoms with Crippen LogP contribution in [0.1, 0.15) is 18.1 Å². The van der Waals surface area contributed by atoms with Crippen LogP contribution in [0.4, 0.5) is 5.69 Å². The highest BCUT2D eigenvalue weighted by atomic mass is 32.1. The summed E-state index contributed by atoms with van der Waals surface area (Å²) in [5.74, 6) is 0.799. The van der Waals surface area contributed by atoms with E-state index < -0.39 is 0 Å². The maximum absolute atomic E-state index is 5.25. The number of anilines is 1. The highest BCUT2D eigenvalue weighted by Gasteiger charge is 2.04. The number of hydrogen-bond acceptors (Lipinski definition) is 3. The van der Waals surface area contributed by atoms with Crippen molar-refractivity contribution < 1.29 is 4.74 Å². The molecule has 3 rings (SSSR count). The van der Waals surface area contributed by atoms with Gasteiger partial charge < -0.3 is 15.0 Å². The number of benzene rings is 2. The van der Waals surface area contributed by atoms with E-state index in [2.05, 4.69) is 46.0 Å². The highest BCUT2D eigenvalue weighted by molar-refractivity contribution is 7.80. The van der Waals surface area contributed by atoms with Crippen LogP contribution in [0.25, 0.3) is 10.9 Å². The number of nitrogens with one attached hydrogen (secondary N) is 3. The first-order valence-electron chi connectivity index (χ1n) is 8.04. The molecule has 0 fully saturated rings. The van der Waals surface area contributed by atoms with E-state index >= 15 is 0 Å². The molecule has 1 heterocycles. The van der Waals surface area contributed by atoms with Crippen molar-refractivity contribution in [3.63, 3.8) is 0 Å². The van der Waals surface area contributed by atoms with Crippen molar-refractivity contribution in [2.24, 2.45) is 5.10 Å². The van der Waals surface area contributed by atoms with Crippen molar-refractivity contribution in [1.82, 2.24) is 10.4 Å². The van der Waals surface area contributed by atoms with E-state index in [0.29, 0.717) is 5.11 Å².